The number of amides is 1. The van der Waals surface area contributed by atoms with E-state index in [0.29, 0.717) is 33.3 Å². The molecule has 0 fully saturated rings. The van der Waals surface area contributed by atoms with Crippen molar-refractivity contribution in [3.05, 3.63) is 53.0 Å². The van der Waals surface area contributed by atoms with Crippen molar-refractivity contribution in [2.45, 2.75) is 38.2 Å². The van der Waals surface area contributed by atoms with Crippen LogP contribution in [0.25, 0.3) is 0 Å². The molecule has 0 saturated carbocycles. The second-order valence-electron chi connectivity index (χ2n) is 5.91. The van der Waals surface area contributed by atoms with E-state index in [4.69, 9.17) is 4.42 Å². The third kappa shape index (κ3) is 3.94. The molecule has 2 rings (SSSR count). The topological polar surface area (TPSA) is 79.5 Å². The van der Waals surface area contributed by atoms with E-state index < -0.39 is 16.4 Å². The van der Waals surface area contributed by atoms with Crippen molar-refractivity contribution in [2.75, 3.05) is 12.3 Å². The largest absolute Gasteiger partial charge is 0.466 e. The van der Waals surface area contributed by atoms with Crippen LogP contribution in [0.2, 0.25) is 0 Å². The van der Waals surface area contributed by atoms with Gasteiger partial charge in [0.2, 0.25) is 0 Å². The molecule has 2 N–H and O–H groups in total. The normalized spacial score (nSPS) is 14.9. The van der Waals surface area contributed by atoms with Gasteiger partial charge < -0.3 is 14.8 Å². The van der Waals surface area contributed by atoms with Crippen molar-refractivity contribution in [3.8, 4) is 0 Å². The zero-order chi connectivity index (χ0) is 17.9. The molecule has 0 bridgehead atoms. The maximum absolute atomic E-state index is 12.5. The zero-order valence-electron chi connectivity index (χ0n) is 14.4. The molecule has 24 heavy (non-hydrogen) atoms. The van der Waals surface area contributed by atoms with Gasteiger partial charge in [0.25, 0.3) is 5.91 Å². The van der Waals surface area contributed by atoms with Crippen LogP contribution in [0, 0.1) is 13.8 Å². The fraction of sp³-hybridized carbons (Fsp3) is 0.389. The zero-order valence-corrected chi connectivity index (χ0v) is 15.2. The Morgan fingerprint density at radius 3 is 2.58 bits per heavy atom. The number of aryl methyl sites for hydroxylation is 2. The molecular weight excluding hydrogens is 326 g/mol. The molecule has 5 nitrogen and oxygen atoms in total. The maximum atomic E-state index is 12.5. The minimum absolute atomic E-state index is 0.0265. The summed E-state index contributed by atoms with van der Waals surface area (Å²) in [6.07, 6.45) is 0. The number of aliphatic hydroxyl groups is 1. The molecule has 0 aliphatic carbocycles. The molecule has 1 amide bonds. The number of rotatable bonds is 6. The number of furan rings is 1. The quantitative estimate of drug-likeness (QED) is 0.840. The van der Waals surface area contributed by atoms with Gasteiger partial charge in [-0.2, -0.15) is 0 Å². The van der Waals surface area contributed by atoms with E-state index in [1.165, 1.54) is 0 Å². The van der Waals surface area contributed by atoms with Gasteiger partial charge in [-0.05, 0) is 39.0 Å². The molecule has 0 aliphatic rings. The average molecular weight is 349 g/mol. The van der Waals surface area contributed by atoms with Gasteiger partial charge in [0.05, 0.1) is 27.8 Å². The van der Waals surface area contributed by atoms with Gasteiger partial charge in [0.15, 0.2) is 0 Å². The minimum Gasteiger partial charge on any atom is -0.466 e. The molecule has 6 heteroatoms. The number of carbonyl (C=O) groups is 1. The van der Waals surface area contributed by atoms with Gasteiger partial charge in [0, 0.05) is 11.3 Å². The Morgan fingerprint density at radius 1 is 1.33 bits per heavy atom. The van der Waals surface area contributed by atoms with E-state index in [1.54, 1.807) is 51.1 Å². The van der Waals surface area contributed by atoms with Crippen molar-refractivity contribution >= 4 is 16.7 Å². The number of nitrogens with one attached hydrogen (secondary N) is 1. The molecule has 0 radical (unpaired) electrons. The van der Waals surface area contributed by atoms with Crippen LogP contribution in [-0.4, -0.2) is 27.5 Å². The van der Waals surface area contributed by atoms with Gasteiger partial charge in [-0.1, -0.05) is 19.1 Å². The molecule has 130 valence electrons. The molecule has 2 unspecified atom stereocenters. The van der Waals surface area contributed by atoms with Crippen LogP contribution in [0.3, 0.4) is 0 Å². The molecule has 2 aromatic rings. The molecule has 0 aliphatic heterocycles. The molecule has 1 heterocycles. The highest BCUT2D eigenvalue weighted by molar-refractivity contribution is 7.85. The van der Waals surface area contributed by atoms with Crippen molar-refractivity contribution < 1.29 is 18.5 Å². The second-order valence-corrected chi connectivity index (χ2v) is 7.62. The Morgan fingerprint density at radius 2 is 2.00 bits per heavy atom. The maximum Gasteiger partial charge on any atom is 0.252 e. The standard InChI is InChI=1S/C18H23NO4S/c1-5-24(22)16-9-7-6-8-14(16)17(20)19-11-18(4,21)15-10-12(2)23-13(15)3/h6-10,21H,5,11H2,1-4H3,(H,19,20). The van der Waals surface area contributed by atoms with Gasteiger partial charge in [0.1, 0.15) is 17.1 Å². The fourth-order valence-corrected chi connectivity index (χ4v) is 3.56. The summed E-state index contributed by atoms with van der Waals surface area (Å²) in [6.45, 7) is 7.04. The molecule has 1 aromatic carbocycles. The summed E-state index contributed by atoms with van der Waals surface area (Å²) in [6, 6.07) is 8.58. The SMILES string of the molecule is CCS(=O)c1ccccc1C(=O)NCC(C)(O)c1cc(C)oc1C. The lowest BCUT2D eigenvalue weighted by Gasteiger charge is -2.23. The highest BCUT2D eigenvalue weighted by atomic mass is 32.2. The number of benzene rings is 1. The smallest absolute Gasteiger partial charge is 0.252 e. The summed E-state index contributed by atoms with van der Waals surface area (Å²) in [5.41, 5.74) is -0.240. The fourth-order valence-electron chi connectivity index (χ4n) is 2.62. The second kappa shape index (κ2) is 7.32. The third-order valence-electron chi connectivity index (χ3n) is 3.85. The molecule has 1 aromatic heterocycles. The lowest BCUT2D eigenvalue weighted by molar-refractivity contribution is 0.0513. The van der Waals surface area contributed by atoms with Crippen LogP contribution >= 0.6 is 0 Å². The van der Waals surface area contributed by atoms with Crippen molar-refractivity contribution in [1.82, 2.24) is 5.32 Å². The first kappa shape index (κ1) is 18.4. The van der Waals surface area contributed by atoms with Gasteiger partial charge in [-0.3, -0.25) is 9.00 Å². The number of hydrogen-bond donors (Lipinski definition) is 2. The van der Waals surface area contributed by atoms with Crippen molar-refractivity contribution in [3.63, 3.8) is 0 Å². The van der Waals surface area contributed by atoms with E-state index in [9.17, 15) is 14.1 Å². The molecule has 0 spiro atoms. The summed E-state index contributed by atoms with van der Waals surface area (Å²) in [5, 5.41) is 13.4. The number of carbonyl (C=O) groups excluding carboxylic acids is 1. The van der Waals surface area contributed by atoms with Crippen molar-refractivity contribution in [1.29, 1.82) is 0 Å². The molecular formula is C18H23NO4S. The molecule has 0 saturated heterocycles. The van der Waals surface area contributed by atoms with Crippen molar-refractivity contribution in [2.24, 2.45) is 0 Å². The van der Waals surface area contributed by atoms with Gasteiger partial charge in [-0.15, -0.1) is 0 Å². The van der Waals surface area contributed by atoms with Gasteiger partial charge >= 0.3 is 0 Å². The predicted octanol–water partition coefficient (Wildman–Crippen LogP) is 2.66. The Bertz CT molecular complexity index is 764. The van der Waals surface area contributed by atoms with E-state index in [-0.39, 0.29) is 12.5 Å². The van der Waals surface area contributed by atoms with E-state index in [1.807, 2.05) is 6.92 Å². The first-order valence-corrected chi connectivity index (χ1v) is 9.13. The Kier molecular flexibility index (Phi) is 5.62. The van der Waals surface area contributed by atoms with E-state index >= 15 is 0 Å². The third-order valence-corrected chi connectivity index (χ3v) is 5.22. The first-order chi connectivity index (χ1) is 11.3. The summed E-state index contributed by atoms with van der Waals surface area (Å²) >= 11 is 0. The molecule has 2 atom stereocenters. The predicted molar refractivity (Wildman–Crippen MR) is 93.5 cm³/mol. The summed E-state index contributed by atoms with van der Waals surface area (Å²) in [7, 11) is -1.22. The average Bonchev–Trinajstić information content (AvgIpc) is 2.91. The van der Waals surface area contributed by atoms with Crippen LogP contribution < -0.4 is 5.32 Å². The van der Waals surface area contributed by atoms with Crippen LogP contribution in [-0.2, 0) is 16.4 Å². The van der Waals surface area contributed by atoms with Crippen LogP contribution in [0.4, 0.5) is 0 Å². The Balaban J connectivity index is 2.16. The Hall–Kier alpha value is -1.92. The minimum atomic E-state index is -1.25. The Labute approximate surface area is 144 Å². The summed E-state index contributed by atoms with van der Waals surface area (Å²) < 4.78 is 17.5. The lowest BCUT2D eigenvalue weighted by atomic mass is 9.96. The van der Waals surface area contributed by atoms with E-state index in [2.05, 4.69) is 5.32 Å². The highest BCUT2D eigenvalue weighted by Crippen LogP contribution is 2.26. The van der Waals surface area contributed by atoms with Crippen LogP contribution in [0.5, 0.6) is 0 Å². The van der Waals surface area contributed by atoms with Crippen LogP contribution in [0.15, 0.2) is 39.6 Å². The first-order valence-electron chi connectivity index (χ1n) is 7.81. The highest BCUT2D eigenvalue weighted by Gasteiger charge is 2.28. The summed E-state index contributed by atoms with van der Waals surface area (Å²) in [5.74, 6) is 1.41. The van der Waals surface area contributed by atoms with Gasteiger partial charge in [-0.25, -0.2) is 0 Å². The lowest BCUT2D eigenvalue weighted by Crippen LogP contribution is -2.39. The van der Waals surface area contributed by atoms with E-state index in [0.717, 1.165) is 0 Å². The van der Waals surface area contributed by atoms with Crippen LogP contribution in [0.1, 0.15) is 41.3 Å². The monoisotopic (exact) mass is 349 g/mol. The number of hydrogen-bond acceptors (Lipinski definition) is 4. The summed E-state index contributed by atoms with van der Waals surface area (Å²) in [4.78, 5) is 13.0.